The van der Waals surface area contributed by atoms with Gasteiger partial charge in [0.25, 0.3) is 0 Å². The summed E-state index contributed by atoms with van der Waals surface area (Å²) in [4.78, 5) is 0. The van der Waals surface area contributed by atoms with Crippen LogP contribution in [0.5, 0.6) is 0 Å². The number of nitrogens with two attached hydrogens (primary N) is 1. The van der Waals surface area contributed by atoms with E-state index < -0.39 is 0 Å². The van der Waals surface area contributed by atoms with Crippen LogP contribution in [0, 0.1) is 41.4 Å². The van der Waals surface area contributed by atoms with E-state index in [-0.39, 0.29) is 0 Å². The Morgan fingerprint density at radius 1 is 0.917 bits per heavy atom. The Bertz CT molecular complexity index is 231. The van der Waals surface area contributed by atoms with Crippen molar-refractivity contribution >= 4 is 0 Å². The molecule has 0 spiro atoms. The molecule has 5 aliphatic rings. The minimum atomic E-state index is 0.940. The molecular formula is C11H17N. The average molecular weight is 163 g/mol. The zero-order chi connectivity index (χ0) is 7.87. The first kappa shape index (κ1) is 6.42. The third kappa shape index (κ3) is 0.454. The van der Waals surface area contributed by atoms with E-state index >= 15 is 0 Å². The van der Waals surface area contributed by atoms with Crippen LogP contribution in [-0.4, -0.2) is 6.54 Å². The predicted octanol–water partition coefficient (Wildman–Crippen LogP) is 1.48. The van der Waals surface area contributed by atoms with Crippen molar-refractivity contribution in [2.75, 3.05) is 6.54 Å². The van der Waals surface area contributed by atoms with Gasteiger partial charge in [0.15, 0.2) is 0 Å². The SMILES string of the molecule is NCC1CC2C3C4CC(C4)C3C12. The van der Waals surface area contributed by atoms with Crippen molar-refractivity contribution in [1.29, 1.82) is 0 Å². The lowest BCUT2D eigenvalue weighted by atomic mass is 9.43. The second kappa shape index (κ2) is 1.75. The maximum Gasteiger partial charge on any atom is -0.00459 e. The zero-order valence-electron chi connectivity index (χ0n) is 7.45. The molecule has 5 aliphatic carbocycles. The van der Waals surface area contributed by atoms with Gasteiger partial charge in [0.2, 0.25) is 0 Å². The average Bonchev–Trinajstić information content (AvgIpc) is 2.36. The van der Waals surface area contributed by atoms with Crippen molar-refractivity contribution in [2.24, 2.45) is 47.2 Å². The number of hydrogen-bond acceptors (Lipinski definition) is 1. The highest BCUT2D eigenvalue weighted by Crippen LogP contribution is 2.76. The van der Waals surface area contributed by atoms with Gasteiger partial charge in [-0.2, -0.15) is 0 Å². The summed E-state index contributed by atoms with van der Waals surface area (Å²) in [5.74, 6) is 7.91. The Hall–Kier alpha value is -0.0400. The topological polar surface area (TPSA) is 26.0 Å². The second-order valence-corrected chi connectivity index (χ2v) is 5.62. The molecule has 0 aliphatic heterocycles. The van der Waals surface area contributed by atoms with Gasteiger partial charge in [-0.15, -0.1) is 0 Å². The number of fused-ring (bicyclic) bond motifs is 1. The molecule has 5 fully saturated rings. The standard InChI is InChI=1S/C11H17N/c12-4-7-3-8-9-5-1-6(2-5)11(9)10(7)8/h5-11H,1-4,12H2. The smallest absolute Gasteiger partial charge is 0.00459 e. The first-order valence-corrected chi connectivity index (χ1v) is 5.60. The van der Waals surface area contributed by atoms with Gasteiger partial charge in [-0.25, -0.2) is 0 Å². The summed E-state index contributed by atoms with van der Waals surface area (Å²) >= 11 is 0. The van der Waals surface area contributed by atoms with Crippen molar-refractivity contribution < 1.29 is 0 Å². The van der Waals surface area contributed by atoms with Crippen LogP contribution in [0.25, 0.3) is 0 Å². The lowest BCUT2D eigenvalue weighted by Crippen LogP contribution is -2.58. The summed E-state index contributed by atoms with van der Waals surface area (Å²) in [6.45, 7) is 0.974. The van der Waals surface area contributed by atoms with Crippen LogP contribution >= 0.6 is 0 Å². The van der Waals surface area contributed by atoms with Crippen molar-refractivity contribution in [1.82, 2.24) is 0 Å². The molecule has 0 saturated heterocycles. The molecule has 0 heterocycles. The minimum absolute atomic E-state index is 0.940. The van der Waals surface area contributed by atoms with Crippen LogP contribution in [0.3, 0.4) is 0 Å². The second-order valence-electron chi connectivity index (χ2n) is 5.62. The van der Waals surface area contributed by atoms with Gasteiger partial charge in [-0.1, -0.05) is 0 Å². The quantitative estimate of drug-likeness (QED) is 0.622. The summed E-state index contributed by atoms with van der Waals surface area (Å²) in [7, 11) is 0. The first-order chi connectivity index (χ1) is 5.90. The van der Waals surface area contributed by atoms with Gasteiger partial charge in [-0.3, -0.25) is 0 Å². The number of rotatable bonds is 1. The van der Waals surface area contributed by atoms with Crippen LogP contribution in [0.4, 0.5) is 0 Å². The van der Waals surface area contributed by atoms with Crippen LogP contribution in [0.15, 0.2) is 0 Å². The van der Waals surface area contributed by atoms with E-state index in [0.717, 1.165) is 30.2 Å². The van der Waals surface area contributed by atoms with E-state index in [9.17, 15) is 0 Å². The summed E-state index contributed by atoms with van der Waals surface area (Å²) < 4.78 is 0. The molecule has 1 heteroatoms. The molecule has 0 aromatic heterocycles. The van der Waals surface area contributed by atoms with Crippen LogP contribution < -0.4 is 5.73 Å². The molecule has 5 saturated carbocycles. The molecule has 0 radical (unpaired) electrons. The Labute approximate surface area is 73.7 Å². The van der Waals surface area contributed by atoms with E-state index in [4.69, 9.17) is 5.73 Å². The highest BCUT2D eigenvalue weighted by molar-refractivity contribution is 5.18. The Morgan fingerprint density at radius 2 is 1.67 bits per heavy atom. The van der Waals surface area contributed by atoms with E-state index in [1.807, 2.05) is 0 Å². The lowest BCUT2D eigenvalue weighted by Gasteiger charge is -2.62. The molecule has 0 aromatic carbocycles. The third-order valence-electron chi connectivity index (χ3n) is 5.60. The van der Waals surface area contributed by atoms with Crippen LogP contribution in [-0.2, 0) is 0 Å². The van der Waals surface area contributed by atoms with Crippen molar-refractivity contribution in [3.63, 3.8) is 0 Å². The normalized spacial score (nSPS) is 70.2. The Kier molecular flexibility index (Phi) is 0.934. The minimum Gasteiger partial charge on any atom is -0.330 e. The van der Waals surface area contributed by atoms with E-state index in [1.54, 1.807) is 12.8 Å². The molecule has 1 nitrogen and oxygen atoms in total. The molecule has 66 valence electrons. The molecule has 0 aromatic rings. The van der Waals surface area contributed by atoms with Gasteiger partial charge in [0.1, 0.15) is 0 Å². The van der Waals surface area contributed by atoms with Crippen LogP contribution in [0.2, 0.25) is 0 Å². The fraction of sp³-hybridized carbons (Fsp3) is 1.00. The number of hydrogen-bond donors (Lipinski definition) is 1. The largest absolute Gasteiger partial charge is 0.330 e. The van der Waals surface area contributed by atoms with E-state index in [0.29, 0.717) is 0 Å². The highest BCUT2D eigenvalue weighted by atomic mass is 14.8. The van der Waals surface area contributed by atoms with Gasteiger partial charge < -0.3 is 5.73 Å². The first-order valence-electron chi connectivity index (χ1n) is 5.60. The summed E-state index contributed by atoms with van der Waals surface area (Å²) in [6, 6.07) is 0. The van der Waals surface area contributed by atoms with Crippen molar-refractivity contribution in [3.8, 4) is 0 Å². The molecule has 2 N–H and O–H groups in total. The molecule has 5 rings (SSSR count). The Morgan fingerprint density at radius 3 is 2.42 bits per heavy atom. The highest BCUT2D eigenvalue weighted by Gasteiger charge is 2.70. The van der Waals surface area contributed by atoms with E-state index in [1.165, 1.54) is 24.2 Å². The van der Waals surface area contributed by atoms with Crippen molar-refractivity contribution in [3.05, 3.63) is 0 Å². The third-order valence-corrected chi connectivity index (χ3v) is 5.60. The zero-order valence-corrected chi connectivity index (χ0v) is 7.45. The van der Waals surface area contributed by atoms with Crippen molar-refractivity contribution in [2.45, 2.75) is 19.3 Å². The van der Waals surface area contributed by atoms with E-state index in [2.05, 4.69) is 0 Å². The summed E-state index contributed by atoms with van der Waals surface area (Å²) in [5, 5.41) is 0. The monoisotopic (exact) mass is 163 g/mol. The summed E-state index contributed by atoms with van der Waals surface area (Å²) in [6.07, 6.45) is 4.69. The fourth-order valence-electron chi connectivity index (χ4n) is 5.11. The van der Waals surface area contributed by atoms with Gasteiger partial charge >= 0.3 is 0 Å². The summed E-state index contributed by atoms with van der Waals surface area (Å²) in [5.41, 5.74) is 5.76. The maximum atomic E-state index is 5.76. The molecule has 5 unspecified atom stereocenters. The lowest BCUT2D eigenvalue weighted by molar-refractivity contribution is -0.135. The predicted molar refractivity (Wildman–Crippen MR) is 47.3 cm³/mol. The molecule has 0 amide bonds. The van der Waals surface area contributed by atoms with Gasteiger partial charge in [-0.05, 0) is 67.2 Å². The molecule has 12 heavy (non-hydrogen) atoms. The molecule has 5 atom stereocenters. The van der Waals surface area contributed by atoms with Gasteiger partial charge in [0, 0.05) is 0 Å². The van der Waals surface area contributed by atoms with Gasteiger partial charge in [0.05, 0.1) is 0 Å². The molecule has 2 bridgehead atoms. The van der Waals surface area contributed by atoms with Crippen LogP contribution in [0.1, 0.15) is 19.3 Å². The fourth-order valence-corrected chi connectivity index (χ4v) is 5.11. The Balaban J connectivity index is 1.63. The molecular weight excluding hydrogens is 146 g/mol. The maximum absolute atomic E-state index is 5.76.